The molecule has 0 saturated carbocycles. The predicted molar refractivity (Wildman–Crippen MR) is 82.1 cm³/mol. The number of nitrogens with zero attached hydrogens (tertiary/aromatic N) is 3. The highest BCUT2D eigenvalue weighted by Gasteiger charge is 2.27. The zero-order chi connectivity index (χ0) is 14.7. The molecule has 5 nitrogen and oxygen atoms in total. The standard InChI is InChI=1S/C16H20N4O/c1-17-11-13-4-2-3-9-20(13)16(21)12-5-6-14-15(10-12)19-8-7-18-14/h5-8,10,13,17H,2-4,9,11H2,1H3. The Balaban J connectivity index is 1.87. The number of benzene rings is 1. The van der Waals surface area contributed by atoms with Gasteiger partial charge in [0.15, 0.2) is 0 Å². The quantitative estimate of drug-likeness (QED) is 0.934. The molecule has 1 amide bonds. The van der Waals surface area contributed by atoms with Crippen molar-refractivity contribution in [1.82, 2.24) is 20.2 Å². The Labute approximate surface area is 124 Å². The van der Waals surface area contributed by atoms with E-state index in [9.17, 15) is 4.79 Å². The molecule has 1 atom stereocenters. The summed E-state index contributed by atoms with van der Waals surface area (Å²) in [6.07, 6.45) is 6.66. The molecule has 0 aliphatic carbocycles. The van der Waals surface area contributed by atoms with Crippen LogP contribution in [0, 0.1) is 0 Å². The van der Waals surface area contributed by atoms with Gasteiger partial charge in [0.25, 0.3) is 5.91 Å². The fourth-order valence-corrected chi connectivity index (χ4v) is 2.98. The van der Waals surface area contributed by atoms with E-state index in [0.717, 1.165) is 37.0 Å². The first-order valence-electron chi connectivity index (χ1n) is 7.46. The van der Waals surface area contributed by atoms with Crippen molar-refractivity contribution in [3.8, 4) is 0 Å². The molecule has 21 heavy (non-hydrogen) atoms. The molecule has 0 radical (unpaired) electrons. The lowest BCUT2D eigenvalue weighted by molar-refractivity contribution is 0.0615. The normalized spacial score (nSPS) is 18.9. The lowest BCUT2D eigenvalue weighted by Gasteiger charge is -2.35. The van der Waals surface area contributed by atoms with Crippen molar-refractivity contribution in [1.29, 1.82) is 0 Å². The maximum absolute atomic E-state index is 12.8. The van der Waals surface area contributed by atoms with Crippen LogP contribution in [0.4, 0.5) is 0 Å². The van der Waals surface area contributed by atoms with Crippen molar-refractivity contribution >= 4 is 16.9 Å². The molecule has 1 unspecified atom stereocenters. The number of likely N-dealkylation sites (N-methyl/N-ethyl adjacent to an activating group) is 1. The van der Waals surface area contributed by atoms with Crippen molar-refractivity contribution in [3.05, 3.63) is 36.2 Å². The van der Waals surface area contributed by atoms with E-state index in [4.69, 9.17) is 0 Å². The third-order valence-corrected chi connectivity index (χ3v) is 4.04. The summed E-state index contributed by atoms with van der Waals surface area (Å²) in [6, 6.07) is 5.85. The average Bonchev–Trinajstić information content (AvgIpc) is 2.54. The molecule has 0 spiro atoms. The van der Waals surface area contributed by atoms with Gasteiger partial charge < -0.3 is 10.2 Å². The van der Waals surface area contributed by atoms with Gasteiger partial charge in [0.05, 0.1) is 11.0 Å². The number of carbonyl (C=O) groups is 1. The second kappa shape index (κ2) is 6.18. The van der Waals surface area contributed by atoms with E-state index in [1.807, 2.05) is 30.1 Å². The number of likely N-dealkylation sites (tertiary alicyclic amines) is 1. The van der Waals surface area contributed by atoms with E-state index < -0.39 is 0 Å². The minimum atomic E-state index is 0.0995. The second-order valence-electron chi connectivity index (χ2n) is 5.47. The number of rotatable bonds is 3. The van der Waals surface area contributed by atoms with Gasteiger partial charge in [0, 0.05) is 37.1 Å². The predicted octanol–water partition coefficient (Wildman–Crippen LogP) is 1.84. The Bertz CT molecular complexity index is 641. The highest BCUT2D eigenvalue weighted by Crippen LogP contribution is 2.20. The first kappa shape index (κ1) is 13.9. The summed E-state index contributed by atoms with van der Waals surface area (Å²) in [5.74, 6) is 0.0995. The zero-order valence-electron chi connectivity index (χ0n) is 12.2. The summed E-state index contributed by atoms with van der Waals surface area (Å²) in [4.78, 5) is 23.3. The topological polar surface area (TPSA) is 58.1 Å². The molecule has 5 heteroatoms. The first-order valence-corrected chi connectivity index (χ1v) is 7.46. The van der Waals surface area contributed by atoms with E-state index in [1.165, 1.54) is 6.42 Å². The molecule has 2 aromatic rings. The Kier molecular flexibility index (Phi) is 4.10. The molecule has 2 heterocycles. The third-order valence-electron chi connectivity index (χ3n) is 4.04. The van der Waals surface area contributed by atoms with E-state index in [0.29, 0.717) is 5.56 Å². The number of carbonyl (C=O) groups excluding carboxylic acids is 1. The Hall–Kier alpha value is -2.01. The summed E-state index contributed by atoms with van der Waals surface area (Å²) in [5, 5.41) is 3.19. The Morgan fingerprint density at radius 3 is 2.90 bits per heavy atom. The fraction of sp³-hybridized carbons (Fsp3) is 0.438. The van der Waals surface area contributed by atoms with Gasteiger partial charge in [-0.05, 0) is 44.5 Å². The molecule has 1 aromatic heterocycles. The van der Waals surface area contributed by atoms with Gasteiger partial charge in [0.2, 0.25) is 0 Å². The summed E-state index contributed by atoms with van der Waals surface area (Å²) >= 11 is 0. The summed E-state index contributed by atoms with van der Waals surface area (Å²) in [5.41, 5.74) is 2.29. The lowest BCUT2D eigenvalue weighted by Crippen LogP contribution is -2.48. The molecule has 110 valence electrons. The van der Waals surface area contributed by atoms with Crippen molar-refractivity contribution in [2.75, 3.05) is 20.1 Å². The molecule has 1 aliphatic rings. The maximum Gasteiger partial charge on any atom is 0.254 e. The Morgan fingerprint density at radius 1 is 1.29 bits per heavy atom. The number of amides is 1. The lowest BCUT2D eigenvalue weighted by atomic mass is 10.0. The molecule has 0 bridgehead atoms. The number of hydrogen-bond acceptors (Lipinski definition) is 4. The van der Waals surface area contributed by atoms with Crippen molar-refractivity contribution in [2.24, 2.45) is 0 Å². The van der Waals surface area contributed by atoms with Gasteiger partial charge in [0.1, 0.15) is 0 Å². The monoisotopic (exact) mass is 284 g/mol. The van der Waals surface area contributed by atoms with E-state index in [2.05, 4.69) is 15.3 Å². The Morgan fingerprint density at radius 2 is 2.10 bits per heavy atom. The number of piperidine rings is 1. The molecule has 1 fully saturated rings. The van der Waals surface area contributed by atoms with Crippen LogP contribution in [-0.4, -0.2) is 47.0 Å². The van der Waals surface area contributed by atoms with Gasteiger partial charge in [-0.3, -0.25) is 14.8 Å². The van der Waals surface area contributed by atoms with Gasteiger partial charge in [-0.1, -0.05) is 0 Å². The van der Waals surface area contributed by atoms with Crippen LogP contribution < -0.4 is 5.32 Å². The van der Waals surface area contributed by atoms with Crippen LogP contribution in [0.3, 0.4) is 0 Å². The molecular weight excluding hydrogens is 264 g/mol. The van der Waals surface area contributed by atoms with Crippen molar-refractivity contribution in [2.45, 2.75) is 25.3 Å². The fourth-order valence-electron chi connectivity index (χ4n) is 2.98. The second-order valence-corrected chi connectivity index (χ2v) is 5.47. The first-order chi connectivity index (χ1) is 10.3. The molecule has 3 rings (SSSR count). The van der Waals surface area contributed by atoms with Gasteiger partial charge in [-0.15, -0.1) is 0 Å². The number of nitrogens with one attached hydrogen (secondary N) is 1. The minimum absolute atomic E-state index is 0.0995. The molecule has 1 aromatic carbocycles. The maximum atomic E-state index is 12.8. The highest BCUT2D eigenvalue weighted by molar-refractivity contribution is 5.97. The third kappa shape index (κ3) is 2.88. The molecule has 1 N–H and O–H groups in total. The average molecular weight is 284 g/mol. The van der Waals surface area contributed by atoms with Crippen LogP contribution in [0.2, 0.25) is 0 Å². The van der Waals surface area contributed by atoms with Gasteiger partial charge in [-0.25, -0.2) is 0 Å². The number of hydrogen-bond donors (Lipinski definition) is 1. The van der Waals surface area contributed by atoms with Crippen molar-refractivity contribution in [3.63, 3.8) is 0 Å². The van der Waals surface area contributed by atoms with Crippen LogP contribution in [-0.2, 0) is 0 Å². The minimum Gasteiger partial charge on any atom is -0.334 e. The van der Waals surface area contributed by atoms with Crippen LogP contribution >= 0.6 is 0 Å². The molecule has 1 aliphatic heterocycles. The van der Waals surface area contributed by atoms with Crippen LogP contribution in [0.25, 0.3) is 11.0 Å². The largest absolute Gasteiger partial charge is 0.334 e. The van der Waals surface area contributed by atoms with E-state index >= 15 is 0 Å². The SMILES string of the molecule is CNCC1CCCCN1C(=O)c1ccc2nccnc2c1. The van der Waals surface area contributed by atoms with E-state index in [1.54, 1.807) is 12.4 Å². The van der Waals surface area contributed by atoms with E-state index in [-0.39, 0.29) is 11.9 Å². The summed E-state index contributed by atoms with van der Waals surface area (Å²) in [6.45, 7) is 1.68. The molecular formula is C16H20N4O. The summed E-state index contributed by atoms with van der Waals surface area (Å²) in [7, 11) is 1.93. The van der Waals surface area contributed by atoms with Crippen LogP contribution in [0.1, 0.15) is 29.6 Å². The smallest absolute Gasteiger partial charge is 0.254 e. The number of fused-ring (bicyclic) bond motifs is 1. The van der Waals surface area contributed by atoms with Gasteiger partial charge in [-0.2, -0.15) is 0 Å². The number of aromatic nitrogens is 2. The zero-order valence-corrected chi connectivity index (χ0v) is 12.2. The van der Waals surface area contributed by atoms with Crippen molar-refractivity contribution < 1.29 is 4.79 Å². The van der Waals surface area contributed by atoms with Crippen LogP contribution in [0.5, 0.6) is 0 Å². The summed E-state index contributed by atoms with van der Waals surface area (Å²) < 4.78 is 0. The molecule has 1 saturated heterocycles. The van der Waals surface area contributed by atoms with Crippen LogP contribution in [0.15, 0.2) is 30.6 Å². The highest BCUT2D eigenvalue weighted by atomic mass is 16.2. The van der Waals surface area contributed by atoms with Gasteiger partial charge >= 0.3 is 0 Å².